The molecule has 0 saturated carbocycles. The zero-order chi connectivity index (χ0) is 26.9. The summed E-state index contributed by atoms with van der Waals surface area (Å²) in [7, 11) is 0. The number of aliphatic hydroxyl groups excluding tert-OH is 9. The van der Waals surface area contributed by atoms with Crippen LogP contribution in [0.1, 0.15) is 13.8 Å². The van der Waals surface area contributed by atoms with Crippen LogP contribution in [0.15, 0.2) is 0 Å². The highest BCUT2D eigenvalue weighted by molar-refractivity contribution is 5.73. The fraction of sp³-hybridized carbons (Fsp3) is 0.950. The van der Waals surface area contributed by atoms with Crippen LogP contribution in [-0.2, 0) is 28.5 Å². The summed E-state index contributed by atoms with van der Waals surface area (Å²) in [6.45, 7) is 1.00. The lowest BCUT2D eigenvalue weighted by Gasteiger charge is -2.48. The predicted molar refractivity (Wildman–Crippen MR) is 111 cm³/mol. The molecule has 36 heavy (non-hydrogen) atoms. The zero-order valence-electron chi connectivity index (χ0n) is 19.5. The van der Waals surface area contributed by atoms with Gasteiger partial charge in [-0.15, -0.1) is 0 Å². The van der Waals surface area contributed by atoms with Gasteiger partial charge in [-0.2, -0.15) is 0 Å². The number of carbonyl (C=O) groups is 1. The van der Waals surface area contributed by atoms with E-state index in [2.05, 4.69) is 5.32 Å². The molecular formula is C20H35NO15. The van der Waals surface area contributed by atoms with E-state index >= 15 is 0 Å². The zero-order valence-corrected chi connectivity index (χ0v) is 19.5. The van der Waals surface area contributed by atoms with Crippen LogP contribution in [-0.4, -0.2) is 157 Å². The molecule has 0 aliphatic carbocycles. The van der Waals surface area contributed by atoms with Crippen LogP contribution in [0.4, 0.5) is 0 Å². The summed E-state index contributed by atoms with van der Waals surface area (Å²) >= 11 is 0. The largest absolute Gasteiger partial charge is 0.394 e. The maximum Gasteiger partial charge on any atom is 0.217 e. The SMILES string of the molecule is CC(=O)N[C@H]1C(O)O[C@H](CO)[C@@H](O)[C@@H]1O[C@H]1O[C@H](CO)[C@H](O)[C@H](O)[C@H]1O[C@@H]1O[C@@H](C)[C@@H](O)[C@@H](O)[C@@H]1O. The summed E-state index contributed by atoms with van der Waals surface area (Å²) in [4.78, 5) is 11.7. The number of rotatable bonds is 7. The van der Waals surface area contributed by atoms with Crippen molar-refractivity contribution in [1.29, 1.82) is 0 Å². The van der Waals surface area contributed by atoms with Gasteiger partial charge in [0.25, 0.3) is 0 Å². The van der Waals surface area contributed by atoms with Crippen molar-refractivity contribution in [3.63, 3.8) is 0 Å². The minimum absolute atomic E-state index is 0.632. The average molecular weight is 529 g/mol. The Morgan fingerprint density at radius 1 is 0.722 bits per heavy atom. The lowest BCUT2D eigenvalue weighted by atomic mass is 9.95. The number of ether oxygens (including phenoxy) is 5. The highest BCUT2D eigenvalue weighted by Gasteiger charge is 2.53. The molecule has 1 amide bonds. The number of hydrogen-bond acceptors (Lipinski definition) is 15. The minimum atomic E-state index is -1.83. The van der Waals surface area contributed by atoms with Gasteiger partial charge in [-0.1, -0.05) is 0 Å². The third kappa shape index (κ3) is 5.97. The molecule has 1 unspecified atom stereocenters. The molecule has 10 N–H and O–H groups in total. The first kappa shape index (κ1) is 29.5. The van der Waals surface area contributed by atoms with Crippen LogP contribution in [0.2, 0.25) is 0 Å². The van der Waals surface area contributed by atoms with E-state index in [1.807, 2.05) is 0 Å². The van der Waals surface area contributed by atoms with Gasteiger partial charge in [0.1, 0.15) is 67.1 Å². The van der Waals surface area contributed by atoms with Crippen molar-refractivity contribution < 1.29 is 74.4 Å². The van der Waals surface area contributed by atoms with Crippen LogP contribution >= 0.6 is 0 Å². The normalized spacial score (nSPS) is 50.0. The number of hydrogen-bond donors (Lipinski definition) is 10. The Labute approximate surface area is 205 Å². The molecule has 16 heteroatoms. The van der Waals surface area contributed by atoms with E-state index in [-0.39, 0.29) is 0 Å². The van der Waals surface area contributed by atoms with Crippen molar-refractivity contribution in [1.82, 2.24) is 5.32 Å². The molecular weight excluding hydrogens is 494 g/mol. The molecule has 3 aliphatic heterocycles. The molecule has 0 radical (unpaired) electrons. The van der Waals surface area contributed by atoms with Gasteiger partial charge < -0.3 is 75.0 Å². The van der Waals surface area contributed by atoms with Gasteiger partial charge in [0.15, 0.2) is 18.9 Å². The van der Waals surface area contributed by atoms with Crippen molar-refractivity contribution >= 4 is 5.91 Å². The Balaban J connectivity index is 1.89. The second kappa shape index (κ2) is 12.2. The molecule has 210 valence electrons. The average Bonchev–Trinajstić information content (AvgIpc) is 2.83. The molecule has 0 aromatic heterocycles. The van der Waals surface area contributed by atoms with Gasteiger partial charge in [0.05, 0.1) is 19.3 Å². The topological polar surface area (TPSA) is 257 Å². The molecule has 3 saturated heterocycles. The minimum Gasteiger partial charge on any atom is -0.394 e. The number of nitrogens with one attached hydrogen (secondary N) is 1. The summed E-state index contributed by atoms with van der Waals surface area (Å²) in [5, 5.41) is 93.8. The summed E-state index contributed by atoms with van der Waals surface area (Å²) < 4.78 is 27.4. The van der Waals surface area contributed by atoms with E-state index in [9.17, 15) is 50.8 Å². The molecule has 3 rings (SSSR count). The van der Waals surface area contributed by atoms with E-state index in [0.717, 1.165) is 6.92 Å². The van der Waals surface area contributed by atoms with Gasteiger partial charge >= 0.3 is 0 Å². The smallest absolute Gasteiger partial charge is 0.217 e. The third-order valence-electron chi connectivity index (χ3n) is 6.46. The molecule has 3 aliphatic rings. The molecule has 0 aromatic carbocycles. The Morgan fingerprint density at radius 2 is 1.31 bits per heavy atom. The Bertz CT molecular complexity index is 731. The standard InChI is InChI=1S/C20H35NO15/c1-5-10(25)13(28)15(30)19(32-5)36-17-14(29)11(26)7(3-22)34-20(17)35-16-9(21-6(2)24)18(31)33-8(4-23)12(16)27/h5,7-20,22-23,25-31H,3-4H2,1-2H3,(H,21,24)/t5-,7+,8+,9+,10+,11-,12+,13+,14-,15-,16+,17+,18?,19-,20+/m0/s1. The second-order valence-corrected chi connectivity index (χ2v) is 9.05. The molecule has 3 heterocycles. The fourth-order valence-corrected chi connectivity index (χ4v) is 4.38. The third-order valence-corrected chi connectivity index (χ3v) is 6.46. The van der Waals surface area contributed by atoms with Crippen LogP contribution in [0.3, 0.4) is 0 Å². The molecule has 3 fully saturated rings. The Hall–Kier alpha value is -1.09. The molecule has 0 spiro atoms. The molecule has 16 nitrogen and oxygen atoms in total. The molecule has 0 aromatic rings. The van der Waals surface area contributed by atoms with Crippen molar-refractivity contribution in [2.24, 2.45) is 0 Å². The van der Waals surface area contributed by atoms with Crippen LogP contribution in [0.5, 0.6) is 0 Å². The van der Waals surface area contributed by atoms with Gasteiger partial charge in [-0.3, -0.25) is 4.79 Å². The second-order valence-electron chi connectivity index (χ2n) is 9.05. The van der Waals surface area contributed by atoms with Crippen molar-refractivity contribution in [3.05, 3.63) is 0 Å². The molecule has 0 bridgehead atoms. The number of amides is 1. The van der Waals surface area contributed by atoms with Gasteiger partial charge in [0.2, 0.25) is 5.91 Å². The van der Waals surface area contributed by atoms with Crippen molar-refractivity contribution in [3.8, 4) is 0 Å². The van der Waals surface area contributed by atoms with Crippen LogP contribution in [0, 0.1) is 0 Å². The van der Waals surface area contributed by atoms with Crippen LogP contribution < -0.4 is 5.32 Å². The summed E-state index contributed by atoms with van der Waals surface area (Å²) in [5.74, 6) is -0.632. The van der Waals surface area contributed by atoms with Gasteiger partial charge in [0, 0.05) is 6.92 Å². The van der Waals surface area contributed by atoms with Crippen molar-refractivity contribution in [2.45, 2.75) is 106 Å². The molecule has 15 atom stereocenters. The quantitative estimate of drug-likeness (QED) is 0.147. The van der Waals surface area contributed by atoms with Gasteiger partial charge in [-0.25, -0.2) is 0 Å². The highest BCUT2D eigenvalue weighted by atomic mass is 16.8. The Morgan fingerprint density at radius 3 is 1.89 bits per heavy atom. The summed E-state index contributed by atoms with van der Waals surface area (Å²) in [5.41, 5.74) is 0. The number of aliphatic hydroxyl groups is 9. The maximum absolute atomic E-state index is 11.7. The monoisotopic (exact) mass is 529 g/mol. The van der Waals surface area contributed by atoms with E-state index in [0.29, 0.717) is 0 Å². The van der Waals surface area contributed by atoms with Crippen LogP contribution in [0.25, 0.3) is 0 Å². The lowest BCUT2D eigenvalue weighted by molar-refractivity contribution is -0.380. The van der Waals surface area contributed by atoms with E-state index in [1.54, 1.807) is 0 Å². The summed E-state index contributed by atoms with van der Waals surface area (Å²) in [6.07, 6.45) is -22.2. The van der Waals surface area contributed by atoms with E-state index in [4.69, 9.17) is 23.7 Å². The van der Waals surface area contributed by atoms with Crippen molar-refractivity contribution in [2.75, 3.05) is 13.2 Å². The fourth-order valence-electron chi connectivity index (χ4n) is 4.38. The maximum atomic E-state index is 11.7. The first-order valence-electron chi connectivity index (χ1n) is 11.4. The highest BCUT2D eigenvalue weighted by Crippen LogP contribution is 2.32. The Kier molecular flexibility index (Phi) is 9.97. The van der Waals surface area contributed by atoms with Gasteiger partial charge in [-0.05, 0) is 6.92 Å². The first-order chi connectivity index (χ1) is 16.9. The van der Waals surface area contributed by atoms with E-state index in [1.165, 1.54) is 6.92 Å². The predicted octanol–water partition coefficient (Wildman–Crippen LogP) is -6.40. The number of carbonyl (C=O) groups excluding carboxylic acids is 1. The van der Waals surface area contributed by atoms with E-state index < -0.39 is 111 Å². The summed E-state index contributed by atoms with van der Waals surface area (Å²) in [6, 6.07) is -1.39. The first-order valence-corrected chi connectivity index (χ1v) is 11.4. The lowest BCUT2D eigenvalue weighted by Crippen LogP contribution is -2.68.